The largest absolute Gasteiger partial charge is 0.328 e. The van der Waals surface area contributed by atoms with Crippen molar-refractivity contribution in [3.63, 3.8) is 0 Å². The maximum Gasteiger partial charge on any atom is 0.00189 e. The van der Waals surface area contributed by atoms with E-state index in [1.807, 2.05) is 0 Å². The van der Waals surface area contributed by atoms with Crippen molar-refractivity contribution in [1.29, 1.82) is 0 Å². The number of hydrogen-bond acceptors (Lipinski definition) is 2. The van der Waals surface area contributed by atoms with Gasteiger partial charge >= 0.3 is 0 Å². The summed E-state index contributed by atoms with van der Waals surface area (Å²) in [5, 5.41) is 0. The zero-order valence-corrected chi connectivity index (χ0v) is 12.8. The summed E-state index contributed by atoms with van der Waals surface area (Å²) in [6.45, 7) is 6.77. The molecule has 0 spiro atoms. The van der Waals surface area contributed by atoms with Crippen molar-refractivity contribution in [3.8, 4) is 0 Å². The Morgan fingerprint density at radius 3 is 2.42 bits per heavy atom. The van der Waals surface area contributed by atoms with Gasteiger partial charge in [-0.05, 0) is 44.7 Å². The van der Waals surface area contributed by atoms with Gasteiger partial charge in [0.2, 0.25) is 0 Å². The first-order valence-electron chi connectivity index (χ1n) is 7.56. The Morgan fingerprint density at radius 1 is 1.11 bits per heavy atom. The molecule has 0 bridgehead atoms. The van der Waals surface area contributed by atoms with E-state index in [0.717, 1.165) is 25.3 Å². The van der Waals surface area contributed by atoms with Crippen molar-refractivity contribution in [2.45, 2.75) is 45.6 Å². The lowest BCUT2D eigenvalue weighted by Gasteiger charge is -2.21. The Hall–Kier alpha value is -0.860. The van der Waals surface area contributed by atoms with Crippen LogP contribution in [-0.2, 0) is 6.42 Å². The van der Waals surface area contributed by atoms with Crippen LogP contribution in [0.2, 0.25) is 0 Å². The molecule has 2 unspecified atom stereocenters. The first-order valence-corrected chi connectivity index (χ1v) is 7.56. The molecule has 0 fully saturated rings. The molecule has 0 aliphatic carbocycles. The van der Waals surface area contributed by atoms with Crippen LogP contribution in [0.25, 0.3) is 0 Å². The second-order valence-electron chi connectivity index (χ2n) is 6.01. The van der Waals surface area contributed by atoms with E-state index in [9.17, 15) is 0 Å². The van der Waals surface area contributed by atoms with E-state index in [-0.39, 0.29) is 0 Å². The lowest BCUT2D eigenvalue weighted by Crippen LogP contribution is -2.27. The van der Waals surface area contributed by atoms with E-state index >= 15 is 0 Å². The highest BCUT2D eigenvalue weighted by Crippen LogP contribution is 2.10. The van der Waals surface area contributed by atoms with Crippen molar-refractivity contribution in [3.05, 3.63) is 35.9 Å². The normalized spacial score (nSPS) is 14.6. The third-order valence-corrected chi connectivity index (χ3v) is 3.60. The Kier molecular flexibility index (Phi) is 7.76. The van der Waals surface area contributed by atoms with Gasteiger partial charge in [0.05, 0.1) is 0 Å². The second kappa shape index (κ2) is 9.11. The Balaban J connectivity index is 2.14. The predicted octanol–water partition coefficient (Wildman–Crippen LogP) is 3.31. The van der Waals surface area contributed by atoms with Crippen LogP contribution in [0.3, 0.4) is 0 Å². The molecular formula is C17H30N2. The van der Waals surface area contributed by atoms with Gasteiger partial charge in [-0.2, -0.15) is 0 Å². The zero-order chi connectivity index (χ0) is 14.1. The summed E-state index contributed by atoms with van der Waals surface area (Å²) in [6, 6.07) is 11.1. The molecular weight excluding hydrogens is 232 g/mol. The van der Waals surface area contributed by atoms with Crippen LogP contribution in [0.4, 0.5) is 0 Å². The highest BCUT2D eigenvalue weighted by atomic mass is 15.1. The topological polar surface area (TPSA) is 29.3 Å². The summed E-state index contributed by atoms with van der Waals surface area (Å²) in [5.74, 6) is 0.763. The molecule has 2 nitrogen and oxygen atoms in total. The summed E-state index contributed by atoms with van der Waals surface area (Å²) >= 11 is 0. The fourth-order valence-corrected chi connectivity index (χ4v) is 2.47. The lowest BCUT2D eigenvalue weighted by atomic mass is 10.0. The fourth-order valence-electron chi connectivity index (χ4n) is 2.47. The van der Waals surface area contributed by atoms with Crippen molar-refractivity contribution in [2.75, 3.05) is 20.1 Å². The molecule has 0 heterocycles. The van der Waals surface area contributed by atoms with Gasteiger partial charge < -0.3 is 10.6 Å². The number of rotatable bonds is 9. The number of likely N-dealkylation sites (N-methyl/N-ethyl adjacent to an activating group) is 1. The molecule has 1 aromatic rings. The summed E-state index contributed by atoms with van der Waals surface area (Å²) < 4.78 is 0. The van der Waals surface area contributed by atoms with E-state index in [2.05, 4.69) is 56.1 Å². The van der Waals surface area contributed by atoms with E-state index in [1.54, 1.807) is 0 Å². The molecule has 0 amide bonds. The highest BCUT2D eigenvalue weighted by molar-refractivity contribution is 5.14. The number of benzene rings is 1. The van der Waals surface area contributed by atoms with Gasteiger partial charge in [-0.25, -0.2) is 0 Å². The first kappa shape index (κ1) is 16.2. The fraction of sp³-hybridized carbons (Fsp3) is 0.647. The van der Waals surface area contributed by atoms with Crippen LogP contribution in [0.5, 0.6) is 0 Å². The average Bonchev–Trinajstić information content (AvgIpc) is 2.37. The van der Waals surface area contributed by atoms with Crippen molar-refractivity contribution < 1.29 is 0 Å². The van der Waals surface area contributed by atoms with Gasteiger partial charge in [0.15, 0.2) is 0 Å². The minimum atomic E-state index is 0.350. The van der Waals surface area contributed by atoms with E-state index in [4.69, 9.17) is 5.73 Å². The molecule has 0 aliphatic heterocycles. The minimum absolute atomic E-state index is 0.350. The summed E-state index contributed by atoms with van der Waals surface area (Å²) in [5.41, 5.74) is 7.21. The smallest absolute Gasteiger partial charge is 0.00189 e. The summed E-state index contributed by atoms with van der Waals surface area (Å²) in [6.07, 6.45) is 4.84. The van der Waals surface area contributed by atoms with Crippen LogP contribution < -0.4 is 5.73 Å². The summed E-state index contributed by atoms with van der Waals surface area (Å²) in [4.78, 5) is 2.45. The monoisotopic (exact) mass is 262 g/mol. The van der Waals surface area contributed by atoms with Crippen molar-refractivity contribution in [1.82, 2.24) is 4.90 Å². The molecule has 0 radical (unpaired) electrons. The maximum absolute atomic E-state index is 5.78. The van der Waals surface area contributed by atoms with Gasteiger partial charge in [0, 0.05) is 19.1 Å². The van der Waals surface area contributed by atoms with Gasteiger partial charge in [-0.3, -0.25) is 0 Å². The van der Waals surface area contributed by atoms with E-state index < -0.39 is 0 Å². The van der Waals surface area contributed by atoms with Crippen LogP contribution in [-0.4, -0.2) is 31.1 Å². The number of hydrogen-bond donors (Lipinski definition) is 1. The molecule has 0 aliphatic rings. The number of nitrogens with zero attached hydrogens (tertiary/aromatic N) is 1. The maximum atomic E-state index is 5.78. The standard InChI is InChI=1S/C17H30N2/c1-15(8-7-9-16(2)18)14-19(3)13-12-17-10-5-4-6-11-17/h4-6,10-11,15-16H,7-9,12-14,18H2,1-3H3. The van der Waals surface area contributed by atoms with Crippen LogP contribution in [0.1, 0.15) is 38.7 Å². The Morgan fingerprint density at radius 2 is 1.79 bits per heavy atom. The van der Waals surface area contributed by atoms with Gasteiger partial charge in [0.25, 0.3) is 0 Å². The molecule has 19 heavy (non-hydrogen) atoms. The second-order valence-corrected chi connectivity index (χ2v) is 6.01. The molecule has 2 atom stereocenters. The predicted molar refractivity (Wildman–Crippen MR) is 84.3 cm³/mol. The first-order chi connectivity index (χ1) is 9.08. The summed E-state index contributed by atoms with van der Waals surface area (Å²) in [7, 11) is 2.23. The van der Waals surface area contributed by atoms with Gasteiger partial charge in [-0.1, -0.05) is 43.7 Å². The van der Waals surface area contributed by atoms with Crippen molar-refractivity contribution in [2.24, 2.45) is 11.7 Å². The van der Waals surface area contributed by atoms with E-state index in [1.165, 1.54) is 24.9 Å². The SMILES string of the molecule is CC(N)CCCC(C)CN(C)CCc1ccccc1. The molecule has 108 valence electrons. The third kappa shape index (κ3) is 8.02. The molecule has 0 saturated heterocycles. The van der Waals surface area contributed by atoms with Gasteiger partial charge in [0.1, 0.15) is 0 Å². The van der Waals surface area contributed by atoms with Crippen molar-refractivity contribution >= 4 is 0 Å². The van der Waals surface area contributed by atoms with E-state index in [0.29, 0.717) is 6.04 Å². The molecule has 2 N–H and O–H groups in total. The van der Waals surface area contributed by atoms with Crippen LogP contribution in [0, 0.1) is 5.92 Å². The quantitative estimate of drug-likeness (QED) is 0.740. The zero-order valence-electron chi connectivity index (χ0n) is 12.8. The Labute approximate surface area is 119 Å². The highest BCUT2D eigenvalue weighted by Gasteiger charge is 2.07. The molecule has 1 rings (SSSR count). The molecule has 1 aromatic carbocycles. The lowest BCUT2D eigenvalue weighted by molar-refractivity contribution is 0.277. The van der Waals surface area contributed by atoms with Crippen LogP contribution in [0.15, 0.2) is 30.3 Å². The number of nitrogens with two attached hydrogens (primary N) is 1. The third-order valence-electron chi connectivity index (χ3n) is 3.60. The molecule has 0 aromatic heterocycles. The Bertz CT molecular complexity index is 321. The van der Waals surface area contributed by atoms with Gasteiger partial charge in [-0.15, -0.1) is 0 Å². The van der Waals surface area contributed by atoms with Crippen LogP contribution >= 0.6 is 0 Å². The average molecular weight is 262 g/mol. The molecule has 0 saturated carbocycles. The minimum Gasteiger partial charge on any atom is -0.328 e. The molecule has 2 heteroatoms.